The van der Waals surface area contributed by atoms with E-state index in [-0.39, 0.29) is 12.0 Å². The molecule has 79 valence electrons. The number of carbonyl (C=O) groups is 1. The second kappa shape index (κ2) is 4.45. The molecule has 2 rings (SSSR count). The molecule has 1 amide bonds. The third-order valence-electron chi connectivity index (χ3n) is 2.56. The summed E-state index contributed by atoms with van der Waals surface area (Å²) in [5.74, 6) is -0.0160. The quantitative estimate of drug-likeness (QED) is 0.775. The van der Waals surface area contributed by atoms with E-state index in [2.05, 4.69) is 0 Å². The first-order valence-corrected chi connectivity index (χ1v) is 5.12. The second-order valence-electron chi connectivity index (χ2n) is 3.78. The zero-order valence-electron chi connectivity index (χ0n) is 8.47. The highest BCUT2D eigenvalue weighted by Crippen LogP contribution is 2.12. The first kappa shape index (κ1) is 10.2. The molecule has 1 saturated heterocycles. The molecule has 0 bridgehead atoms. The summed E-state index contributed by atoms with van der Waals surface area (Å²) in [4.78, 5) is 13.4. The molecular formula is C12H14NO2. The van der Waals surface area contributed by atoms with Gasteiger partial charge in [0.05, 0.1) is 12.5 Å². The first-order valence-electron chi connectivity index (χ1n) is 5.12. The van der Waals surface area contributed by atoms with Gasteiger partial charge >= 0.3 is 0 Å². The van der Waals surface area contributed by atoms with Crippen molar-refractivity contribution in [2.45, 2.75) is 12.5 Å². The van der Waals surface area contributed by atoms with E-state index in [0.29, 0.717) is 19.5 Å². The van der Waals surface area contributed by atoms with Crippen molar-refractivity contribution in [1.82, 2.24) is 4.90 Å². The second-order valence-corrected chi connectivity index (χ2v) is 3.78. The molecule has 1 radical (unpaired) electrons. The van der Waals surface area contributed by atoms with Crippen LogP contribution in [-0.2, 0) is 4.79 Å². The lowest BCUT2D eigenvalue weighted by molar-refractivity contribution is -0.126. The molecule has 0 saturated carbocycles. The van der Waals surface area contributed by atoms with E-state index >= 15 is 0 Å². The van der Waals surface area contributed by atoms with Gasteiger partial charge in [0.2, 0.25) is 5.91 Å². The van der Waals surface area contributed by atoms with Gasteiger partial charge < -0.3 is 10.0 Å². The van der Waals surface area contributed by atoms with Gasteiger partial charge in [0.15, 0.2) is 0 Å². The zero-order chi connectivity index (χ0) is 10.7. The summed E-state index contributed by atoms with van der Waals surface area (Å²) in [6.45, 7) is 1.12. The fraction of sp³-hybridized carbons (Fsp3) is 0.333. The van der Waals surface area contributed by atoms with Gasteiger partial charge in [0.25, 0.3) is 0 Å². The number of aliphatic hydroxyl groups is 1. The molecule has 0 unspecified atom stereocenters. The minimum Gasteiger partial charge on any atom is -0.391 e. The number of rotatable bonds is 2. The van der Waals surface area contributed by atoms with Crippen LogP contribution >= 0.6 is 0 Å². The summed E-state index contributed by atoms with van der Waals surface area (Å²) in [5.41, 5.74) is 0.906. The Morgan fingerprint density at radius 2 is 2.13 bits per heavy atom. The SMILES string of the molecule is O=C([CH]c1ccccc1)N1CC[C@@H](O)C1. The highest BCUT2D eigenvalue weighted by atomic mass is 16.3. The average Bonchev–Trinajstić information content (AvgIpc) is 2.66. The summed E-state index contributed by atoms with van der Waals surface area (Å²) in [7, 11) is 0. The Balaban J connectivity index is 1.93. The van der Waals surface area contributed by atoms with Crippen LogP contribution in [0.4, 0.5) is 0 Å². The Bertz CT molecular complexity index is 337. The van der Waals surface area contributed by atoms with Crippen LogP contribution in [0, 0.1) is 6.42 Å². The lowest BCUT2D eigenvalue weighted by Gasteiger charge is -2.14. The number of benzene rings is 1. The van der Waals surface area contributed by atoms with Crippen molar-refractivity contribution in [3.05, 3.63) is 42.3 Å². The van der Waals surface area contributed by atoms with E-state index in [1.165, 1.54) is 0 Å². The lowest BCUT2D eigenvalue weighted by Crippen LogP contribution is -2.29. The van der Waals surface area contributed by atoms with Crippen LogP contribution in [0.2, 0.25) is 0 Å². The van der Waals surface area contributed by atoms with Gasteiger partial charge in [-0.25, -0.2) is 0 Å². The van der Waals surface area contributed by atoms with Crippen molar-refractivity contribution in [3.8, 4) is 0 Å². The summed E-state index contributed by atoms with van der Waals surface area (Å²) in [6.07, 6.45) is 1.95. The van der Waals surface area contributed by atoms with E-state index in [9.17, 15) is 9.90 Å². The molecule has 1 heterocycles. The molecule has 1 aliphatic rings. The largest absolute Gasteiger partial charge is 0.391 e. The predicted octanol–water partition coefficient (Wildman–Crippen LogP) is 0.832. The van der Waals surface area contributed by atoms with Crippen molar-refractivity contribution in [3.63, 3.8) is 0 Å². The lowest BCUT2D eigenvalue weighted by atomic mass is 10.1. The third kappa shape index (κ3) is 2.57. The Morgan fingerprint density at radius 3 is 2.73 bits per heavy atom. The van der Waals surface area contributed by atoms with Crippen LogP contribution in [0.1, 0.15) is 12.0 Å². The maximum absolute atomic E-state index is 11.7. The Hall–Kier alpha value is -1.35. The summed E-state index contributed by atoms with van der Waals surface area (Å²) in [5, 5.41) is 9.31. The molecule has 1 fully saturated rings. The molecule has 0 aliphatic carbocycles. The molecule has 1 aromatic rings. The van der Waals surface area contributed by atoms with Gasteiger partial charge in [0.1, 0.15) is 0 Å². The monoisotopic (exact) mass is 204 g/mol. The molecule has 1 atom stereocenters. The Morgan fingerprint density at radius 1 is 1.40 bits per heavy atom. The fourth-order valence-corrected chi connectivity index (χ4v) is 1.73. The summed E-state index contributed by atoms with van der Waals surface area (Å²) in [6, 6.07) is 9.51. The number of likely N-dealkylation sites (tertiary alicyclic amines) is 1. The Labute approximate surface area is 89.3 Å². The van der Waals surface area contributed by atoms with Gasteiger partial charge in [0, 0.05) is 13.1 Å². The van der Waals surface area contributed by atoms with Crippen LogP contribution < -0.4 is 0 Å². The average molecular weight is 204 g/mol. The number of amides is 1. The number of β-amino-alcohol motifs (C(OH)–C–C–N with tert-alkyl or cyclic N) is 1. The van der Waals surface area contributed by atoms with Crippen LogP contribution in [0.3, 0.4) is 0 Å². The maximum atomic E-state index is 11.7. The van der Waals surface area contributed by atoms with Gasteiger partial charge in [-0.3, -0.25) is 4.79 Å². The van der Waals surface area contributed by atoms with Gasteiger partial charge in [-0.15, -0.1) is 0 Å². The third-order valence-corrected chi connectivity index (χ3v) is 2.56. The number of carbonyl (C=O) groups excluding carboxylic acids is 1. The predicted molar refractivity (Wildman–Crippen MR) is 57.0 cm³/mol. The number of hydrogen-bond donors (Lipinski definition) is 1. The highest BCUT2D eigenvalue weighted by molar-refractivity contribution is 5.88. The first-order chi connectivity index (χ1) is 7.25. The molecule has 0 aromatic heterocycles. The van der Waals surface area contributed by atoms with Crippen molar-refractivity contribution in [2.75, 3.05) is 13.1 Å². The molecule has 1 aromatic carbocycles. The number of nitrogens with zero attached hydrogens (tertiary/aromatic N) is 1. The van der Waals surface area contributed by atoms with E-state index in [1.54, 1.807) is 11.3 Å². The minimum absolute atomic E-state index is 0.0160. The van der Waals surface area contributed by atoms with E-state index in [0.717, 1.165) is 5.56 Å². The van der Waals surface area contributed by atoms with Crippen LogP contribution in [0.5, 0.6) is 0 Å². The van der Waals surface area contributed by atoms with Gasteiger partial charge in [-0.2, -0.15) is 0 Å². The Kier molecular flexibility index (Phi) is 3.02. The number of aliphatic hydroxyl groups excluding tert-OH is 1. The van der Waals surface area contributed by atoms with E-state index in [4.69, 9.17) is 0 Å². The highest BCUT2D eigenvalue weighted by Gasteiger charge is 2.24. The van der Waals surface area contributed by atoms with Crippen LogP contribution in [0.25, 0.3) is 0 Å². The molecule has 0 spiro atoms. The van der Waals surface area contributed by atoms with E-state index in [1.807, 2.05) is 30.3 Å². The normalized spacial score (nSPS) is 20.6. The molecule has 1 N–H and O–H groups in total. The summed E-state index contributed by atoms with van der Waals surface area (Å²) < 4.78 is 0. The molecule has 3 nitrogen and oxygen atoms in total. The topological polar surface area (TPSA) is 40.5 Å². The van der Waals surface area contributed by atoms with Crippen LogP contribution in [-0.4, -0.2) is 35.1 Å². The molecular weight excluding hydrogens is 190 g/mol. The van der Waals surface area contributed by atoms with Crippen molar-refractivity contribution >= 4 is 5.91 Å². The molecule has 15 heavy (non-hydrogen) atoms. The van der Waals surface area contributed by atoms with Crippen LogP contribution in [0.15, 0.2) is 30.3 Å². The fourth-order valence-electron chi connectivity index (χ4n) is 1.73. The van der Waals surface area contributed by atoms with Crippen molar-refractivity contribution in [2.24, 2.45) is 0 Å². The van der Waals surface area contributed by atoms with Crippen molar-refractivity contribution < 1.29 is 9.90 Å². The van der Waals surface area contributed by atoms with Gasteiger partial charge in [-0.05, 0) is 12.0 Å². The minimum atomic E-state index is -0.349. The smallest absolute Gasteiger partial charge is 0.231 e. The zero-order valence-corrected chi connectivity index (χ0v) is 8.47. The number of hydrogen-bond acceptors (Lipinski definition) is 2. The molecule has 3 heteroatoms. The van der Waals surface area contributed by atoms with Crippen molar-refractivity contribution in [1.29, 1.82) is 0 Å². The van der Waals surface area contributed by atoms with Gasteiger partial charge in [-0.1, -0.05) is 30.3 Å². The standard InChI is InChI=1S/C12H14NO2/c14-11-6-7-13(9-11)12(15)8-10-4-2-1-3-5-10/h1-5,8,11,14H,6-7,9H2/t11-/m1/s1. The van der Waals surface area contributed by atoms with E-state index < -0.39 is 0 Å². The molecule has 1 aliphatic heterocycles. The summed E-state index contributed by atoms with van der Waals surface area (Å²) >= 11 is 0. The maximum Gasteiger partial charge on any atom is 0.231 e.